The van der Waals surface area contributed by atoms with E-state index in [1.807, 2.05) is 0 Å². The van der Waals surface area contributed by atoms with Crippen molar-refractivity contribution in [1.82, 2.24) is 0 Å². The van der Waals surface area contributed by atoms with E-state index in [9.17, 15) is 9.59 Å². The van der Waals surface area contributed by atoms with Gasteiger partial charge < -0.3 is 9.84 Å². The Bertz CT molecular complexity index is 367. The quantitative estimate of drug-likeness (QED) is 0.767. The van der Waals surface area contributed by atoms with Gasteiger partial charge in [-0.05, 0) is 24.6 Å². The van der Waals surface area contributed by atoms with Crippen LogP contribution in [0, 0.1) is 0 Å². The van der Waals surface area contributed by atoms with Crippen LogP contribution in [0.3, 0.4) is 0 Å². The summed E-state index contributed by atoms with van der Waals surface area (Å²) in [5.74, 6) is -1.69. The maximum atomic E-state index is 11.2. The van der Waals surface area contributed by atoms with Gasteiger partial charge in [-0.1, -0.05) is 12.1 Å². The minimum absolute atomic E-state index is 0.204. The second-order valence-electron chi connectivity index (χ2n) is 3.17. The van der Waals surface area contributed by atoms with Crippen molar-refractivity contribution in [3.63, 3.8) is 0 Å². The summed E-state index contributed by atoms with van der Waals surface area (Å²) in [6.07, 6.45) is 0. The van der Waals surface area contributed by atoms with E-state index in [1.165, 1.54) is 19.2 Å². The van der Waals surface area contributed by atoms with Crippen LogP contribution in [0.4, 0.5) is 0 Å². The zero-order valence-electron chi connectivity index (χ0n) is 8.56. The molecule has 0 aromatic heterocycles. The molecule has 0 fully saturated rings. The van der Waals surface area contributed by atoms with Crippen LogP contribution in [0.15, 0.2) is 24.3 Å². The smallest absolute Gasteiger partial charge is 0.335 e. The normalized spacial score (nSPS) is 11.9. The number of carbonyl (C=O) groups excluding carboxylic acids is 1. The molecule has 0 radical (unpaired) electrons. The van der Waals surface area contributed by atoms with Crippen molar-refractivity contribution >= 4 is 11.9 Å². The molecule has 15 heavy (non-hydrogen) atoms. The van der Waals surface area contributed by atoms with E-state index in [0.717, 1.165) is 5.56 Å². The highest BCUT2D eigenvalue weighted by atomic mass is 16.5. The third-order valence-corrected chi connectivity index (χ3v) is 2.21. The van der Waals surface area contributed by atoms with E-state index >= 15 is 0 Å². The summed E-state index contributed by atoms with van der Waals surface area (Å²) in [5, 5.41) is 8.68. The summed E-state index contributed by atoms with van der Waals surface area (Å²) < 4.78 is 4.59. The zero-order valence-corrected chi connectivity index (χ0v) is 8.56. The molecule has 80 valence electrons. The van der Waals surface area contributed by atoms with Crippen molar-refractivity contribution in [2.75, 3.05) is 7.11 Å². The maximum absolute atomic E-state index is 11.2. The van der Waals surface area contributed by atoms with Gasteiger partial charge in [-0.25, -0.2) is 4.79 Å². The number of carboxylic acids is 1. The van der Waals surface area contributed by atoms with Gasteiger partial charge in [0.1, 0.15) is 0 Å². The molecule has 0 saturated carbocycles. The first kappa shape index (κ1) is 11.2. The van der Waals surface area contributed by atoms with Gasteiger partial charge in [0, 0.05) is 0 Å². The monoisotopic (exact) mass is 208 g/mol. The number of esters is 1. The van der Waals surface area contributed by atoms with E-state index in [1.54, 1.807) is 19.1 Å². The lowest BCUT2D eigenvalue weighted by molar-refractivity contribution is -0.141. The van der Waals surface area contributed by atoms with Crippen LogP contribution in [-0.4, -0.2) is 24.2 Å². The van der Waals surface area contributed by atoms with Crippen molar-refractivity contribution in [2.45, 2.75) is 12.8 Å². The first-order valence-corrected chi connectivity index (χ1v) is 4.47. The molecular weight excluding hydrogens is 196 g/mol. The van der Waals surface area contributed by atoms with Gasteiger partial charge >= 0.3 is 11.9 Å². The Labute approximate surface area is 87.5 Å². The molecule has 1 unspecified atom stereocenters. The molecule has 0 amide bonds. The number of carboxylic acid groups (broad SMARTS) is 1. The fourth-order valence-corrected chi connectivity index (χ4v) is 1.23. The van der Waals surface area contributed by atoms with Crippen molar-refractivity contribution in [2.24, 2.45) is 0 Å². The molecule has 1 aromatic carbocycles. The summed E-state index contributed by atoms with van der Waals surface area (Å²) in [4.78, 5) is 21.8. The first-order chi connectivity index (χ1) is 7.06. The number of hydrogen-bond donors (Lipinski definition) is 1. The average Bonchev–Trinajstić information content (AvgIpc) is 2.27. The molecule has 0 aliphatic rings. The number of ether oxygens (including phenoxy) is 1. The second-order valence-corrected chi connectivity index (χ2v) is 3.17. The van der Waals surface area contributed by atoms with Crippen LogP contribution in [0.1, 0.15) is 28.8 Å². The summed E-state index contributed by atoms with van der Waals surface area (Å²) >= 11 is 0. The highest BCUT2D eigenvalue weighted by Gasteiger charge is 2.15. The molecule has 1 atom stereocenters. The molecule has 0 aliphatic heterocycles. The van der Waals surface area contributed by atoms with Gasteiger partial charge in [0.05, 0.1) is 18.6 Å². The van der Waals surface area contributed by atoms with E-state index in [4.69, 9.17) is 5.11 Å². The molecule has 1 rings (SSSR count). The minimum atomic E-state index is -0.979. The number of rotatable bonds is 3. The van der Waals surface area contributed by atoms with Gasteiger partial charge in [-0.2, -0.15) is 0 Å². The Morgan fingerprint density at radius 3 is 2.20 bits per heavy atom. The Kier molecular flexibility index (Phi) is 3.44. The molecule has 4 nitrogen and oxygen atoms in total. The number of benzene rings is 1. The Morgan fingerprint density at radius 1 is 1.27 bits per heavy atom. The molecule has 0 saturated heterocycles. The Balaban J connectivity index is 2.89. The van der Waals surface area contributed by atoms with Gasteiger partial charge in [0.25, 0.3) is 0 Å². The first-order valence-electron chi connectivity index (χ1n) is 4.47. The number of hydrogen-bond acceptors (Lipinski definition) is 3. The van der Waals surface area contributed by atoms with Gasteiger partial charge in [0.15, 0.2) is 0 Å². The maximum Gasteiger partial charge on any atom is 0.335 e. The predicted molar refractivity (Wildman–Crippen MR) is 53.8 cm³/mol. The SMILES string of the molecule is COC(=O)C(C)c1ccc(C(=O)O)cc1. The molecular formula is C11H12O4. The molecule has 0 spiro atoms. The fourth-order valence-electron chi connectivity index (χ4n) is 1.23. The third-order valence-electron chi connectivity index (χ3n) is 2.21. The summed E-state index contributed by atoms with van der Waals surface area (Å²) in [5.41, 5.74) is 0.947. The molecule has 0 aliphatic carbocycles. The number of methoxy groups -OCH3 is 1. The van der Waals surface area contributed by atoms with Crippen LogP contribution < -0.4 is 0 Å². The largest absolute Gasteiger partial charge is 0.478 e. The lowest BCUT2D eigenvalue weighted by atomic mass is 10.00. The predicted octanol–water partition coefficient (Wildman–Crippen LogP) is 1.66. The Hall–Kier alpha value is -1.84. The van der Waals surface area contributed by atoms with E-state index in [2.05, 4.69) is 4.74 Å². The van der Waals surface area contributed by atoms with E-state index in [-0.39, 0.29) is 17.5 Å². The van der Waals surface area contributed by atoms with Gasteiger partial charge in [0.2, 0.25) is 0 Å². The topological polar surface area (TPSA) is 63.6 Å². The van der Waals surface area contributed by atoms with Gasteiger partial charge in [-0.3, -0.25) is 4.79 Å². The molecule has 1 N–H and O–H groups in total. The summed E-state index contributed by atoms with van der Waals surface area (Å²) in [6.45, 7) is 1.71. The fraction of sp³-hybridized carbons (Fsp3) is 0.273. The molecule has 1 aromatic rings. The number of aromatic carboxylic acids is 1. The molecule has 0 heterocycles. The third kappa shape index (κ3) is 2.56. The van der Waals surface area contributed by atoms with Crippen LogP contribution >= 0.6 is 0 Å². The molecule has 0 bridgehead atoms. The van der Waals surface area contributed by atoms with Crippen LogP contribution in [0.2, 0.25) is 0 Å². The Morgan fingerprint density at radius 2 is 1.80 bits per heavy atom. The minimum Gasteiger partial charge on any atom is -0.478 e. The van der Waals surface area contributed by atoms with Gasteiger partial charge in [-0.15, -0.1) is 0 Å². The summed E-state index contributed by atoms with van der Waals surface area (Å²) in [7, 11) is 1.32. The lowest BCUT2D eigenvalue weighted by Gasteiger charge is -2.09. The standard InChI is InChI=1S/C11H12O4/c1-7(11(14)15-2)8-3-5-9(6-4-8)10(12)13/h3-7H,1-2H3,(H,12,13). The van der Waals surface area contributed by atoms with Crippen LogP contribution in [0.25, 0.3) is 0 Å². The van der Waals surface area contributed by atoms with Crippen molar-refractivity contribution in [3.8, 4) is 0 Å². The highest BCUT2D eigenvalue weighted by molar-refractivity contribution is 5.87. The van der Waals surface area contributed by atoms with Crippen LogP contribution in [0.5, 0.6) is 0 Å². The molecule has 4 heteroatoms. The van der Waals surface area contributed by atoms with Crippen molar-refractivity contribution < 1.29 is 19.4 Å². The van der Waals surface area contributed by atoms with Crippen LogP contribution in [-0.2, 0) is 9.53 Å². The van der Waals surface area contributed by atoms with Crippen molar-refractivity contribution in [3.05, 3.63) is 35.4 Å². The highest BCUT2D eigenvalue weighted by Crippen LogP contribution is 2.17. The van der Waals surface area contributed by atoms with E-state index in [0.29, 0.717) is 0 Å². The lowest BCUT2D eigenvalue weighted by Crippen LogP contribution is -2.10. The van der Waals surface area contributed by atoms with Crippen molar-refractivity contribution in [1.29, 1.82) is 0 Å². The summed E-state index contributed by atoms with van der Waals surface area (Å²) in [6, 6.07) is 6.17. The number of carbonyl (C=O) groups is 2. The zero-order chi connectivity index (χ0) is 11.4. The van der Waals surface area contributed by atoms with E-state index < -0.39 is 5.97 Å². The average molecular weight is 208 g/mol. The second kappa shape index (κ2) is 4.59.